The monoisotopic (exact) mass is 412 g/mol. The van der Waals surface area contributed by atoms with Crippen LogP contribution in [-0.2, 0) is 4.79 Å². The van der Waals surface area contributed by atoms with Crippen LogP contribution in [0.2, 0.25) is 0 Å². The number of furan rings is 1. The fourth-order valence-corrected chi connectivity index (χ4v) is 3.16. The van der Waals surface area contributed by atoms with Gasteiger partial charge in [-0.25, -0.2) is 0 Å². The highest BCUT2D eigenvalue weighted by Gasteiger charge is 2.22. The number of carbonyl (C=O) groups excluding carboxylic acids is 2. The van der Waals surface area contributed by atoms with Crippen LogP contribution in [-0.4, -0.2) is 18.9 Å². The van der Waals surface area contributed by atoms with Crippen LogP contribution in [0.5, 0.6) is 5.75 Å². The Morgan fingerprint density at radius 2 is 1.58 bits per heavy atom. The third-order valence-corrected chi connectivity index (χ3v) is 4.63. The molecule has 154 valence electrons. The fraction of sp³-hybridized carbons (Fsp3) is 0.0400. The number of hydrogen-bond donors (Lipinski definition) is 2. The molecule has 0 unspecified atom stereocenters. The number of para-hydroxylation sites is 3. The molecule has 0 aliphatic heterocycles. The molecule has 0 spiro atoms. The number of ether oxygens (including phenoxy) is 1. The van der Waals surface area contributed by atoms with Gasteiger partial charge in [-0.2, -0.15) is 0 Å². The van der Waals surface area contributed by atoms with Gasteiger partial charge in [-0.05, 0) is 35.9 Å². The summed E-state index contributed by atoms with van der Waals surface area (Å²) in [6.45, 7) is 0. The minimum atomic E-state index is -0.497. The van der Waals surface area contributed by atoms with Gasteiger partial charge in [0.25, 0.3) is 5.91 Å². The lowest BCUT2D eigenvalue weighted by atomic mass is 10.2. The van der Waals surface area contributed by atoms with Crippen molar-refractivity contribution in [1.82, 2.24) is 0 Å². The van der Waals surface area contributed by atoms with E-state index in [1.165, 1.54) is 13.2 Å². The van der Waals surface area contributed by atoms with Crippen LogP contribution in [0.15, 0.2) is 89.4 Å². The number of anilines is 2. The lowest BCUT2D eigenvalue weighted by Gasteiger charge is -2.09. The van der Waals surface area contributed by atoms with Crippen molar-refractivity contribution in [1.29, 1.82) is 0 Å². The molecule has 31 heavy (non-hydrogen) atoms. The van der Waals surface area contributed by atoms with Crippen LogP contribution in [0, 0.1) is 0 Å². The minimum absolute atomic E-state index is 0.00793. The van der Waals surface area contributed by atoms with Crippen molar-refractivity contribution in [2.45, 2.75) is 0 Å². The number of fused-ring (bicyclic) bond motifs is 1. The summed E-state index contributed by atoms with van der Waals surface area (Å²) in [5.41, 5.74) is 2.20. The van der Waals surface area contributed by atoms with E-state index in [-0.39, 0.29) is 11.7 Å². The van der Waals surface area contributed by atoms with E-state index < -0.39 is 5.91 Å². The average molecular weight is 412 g/mol. The summed E-state index contributed by atoms with van der Waals surface area (Å²) in [4.78, 5) is 25.6. The number of amides is 2. The zero-order valence-corrected chi connectivity index (χ0v) is 16.8. The number of hydrogen-bond acceptors (Lipinski definition) is 4. The summed E-state index contributed by atoms with van der Waals surface area (Å²) in [7, 11) is 1.52. The molecule has 0 fully saturated rings. The van der Waals surface area contributed by atoms with Crippen molar-refractivity contribution in [3.8, 4) is 5.75 Å². The van der Waals surface area contributed by atoms with Gasteiger partial charge in [-0.15, -0.1) is 0 Å². The Bertz CT molecular complexity index is 1260. The Morgan fingerprint density at radius 1 is 0.871 bits per heavy atom. The van der Waals surface area contributed by atoms with Crippen LogP contribution in [0.25, 0.3) is 17.0 Å². The topological polar surface area (TPSA) is 80.6 Å². The van der Waals surface area contributed by atoms with Crippen LogP contribution < -0.4 is 15.4 Å². The van der Waals surface area contributed by atoms with Crippen molar-refractivity contribution in [3.63, 3.8) is 0 Å². The van der Waals surface area contributed by atoms with Crippen molar-refractivity contribution in [3.05, 3.63) is 96.3 Å². The van der Waals surface area contributed by atoms with E-state index in [4.69, 9.17) is 9.15 Å². The summed E-state index contributed by atoms with van der Waals surface area (Å²) >= 11 is 0. The largest absolute Gasteiger partial charge is 0.495 e. The van der Waals surface area contributed by atoms with E-state index in [0.717, 1.165) is 5.56 Å². The van der Waals surface area contributed by atoms with E-state index in [0.29, 0.717) is 28.1 Å². The highest BCUT2D eigenvalue weighted by molar-refractivity contribution is 6.16. The van der Waals surface area contributed by atoms with Crippen molar-refractivity contribution in [2.24, 2.45) is 0 Å². The first-order valence-corrected chi connectivity index (χ1v) is 9.65. The minimum Gasteiger partial charge on any atom is -0.495 e. The van der Waals surface area contributed by atoms with E-state index >= 15 is 0 Å². The second-order valence-corrected chi connectivity index (χ2v) is 6.69. The maximum absolute atomic E-state index is 13.0. The fourth-order valence-electron chi connectivity index (χ4n) is 3.16. The van der Waals surface area contributed by atoms with Gasteiger partial charge in [0.2, 0.25) is 11.7 Å². The van der Waals surface area contributed by atoms with Crippen molar-refractivity contribution >= 4 is 40.2 Å². The van der Waals surface area contributed by atoms with Gasteiger partial charge < -0.3 is 19.8 Å². The Balaban J connectivity index is 1.63. The molecule has 4 rings (SSSR count). The average Bonchev–Trinajstić information content (AvgIpc) is 3.17. The molecule has 6 nitrogen and oxygen atoms in total. The first-order chi connectivity index (χ1) is 15.2. The van der Waals surface area contributed by atoms with Gasteiger partial charge in [-0.1, -0.05) is 54.6 Å². The standard InChI is InChI=1S/C25H20N2O4/c1-30-21-14-8-6-12-19(21)26-25(29)24-23(18-11-5-7-13-20(18)31-24)27-22(28)16-15-17-9-3-2-4-10-17/h2-16H,1H3,(H,26,29)(H,27,28)/b16-15+. The highest BCUT2D eigenvalue weighted by Crippen LogP contribution is 2.32. The molecule has 6 heteroatoms. The van der Waals surface area contributed by atoms with E-state index in [2.05, 4.69) is 10.6 Å². The Hall–Kier alpha value is -4.32. The smallest absolute Gasteiger partial charge is 0.293 e. The molecule has 0 saturated heterocycles. The first kappa shape index (κ1) is 20.0. The molecule has 4 aromatic rings. The van der Waals surface area contributed by atoms with Crippen molar-refractivity contribution in [2.75, 3.05) is 17.7 Å². The molecular weight excluding hydrogens is 392 g/mol. The Labute approximate surface area is 179 Å². The molecule has 0 saturated carbocycles. The maximum atomic E-state index is 13.0. The summed E-state index contributed by atoms with van der Waals surface area (Å²) < 4.78 is 11.1. The van der Waals surface area contributed by atoms with Crippen molar-refractivity contribution < 1.29 is 18.7 Å². The van der Waals surface area contributed by atoms with E-state index in [9.17, 15) is 9.59 Å². The Morgan fingerprint density at radius 3 is 2.39 bits per heavy atom. The molecule has 0 atom stereocenters. The second kappa shape index (κ2) is 9.00. The van der Waals surface area contributed by atoms with Crippen LogP contribution in [0.4, 0.5) is 11.4 Å². The Kier molecular flexibility index (Phi) is 5.80. The van der Waals surface area contributed by atoms with Gasteiger partial charge >= 0.3 is 0 Å². The molecule has 0 aliphatic carbocycles. The van der Waals surface area contributed by atoms with Gasteiger partial charge in [0, 0.05) is 11.5 Å². The highest BCUT2D eigenvalue weighted by atomic mass is 16.5. The zero-order valence-electron chi connectivity index (χ0n) is 16.8. The van der Waals surface area contributed by atoms with Gasteiger partial charge in [0.05, 0.1) is 12.8 Å². The first-order valence-electron chi connectivity index (χ1n) is 9.65. The van der Waals surface area contributed by atoms with Crippen LogP contribution in [0.1, 0.15) is 16.1 Å². The molecular formula is C25H20N2O4. The predicted molar refractivity (Wildman–Crippen MR) is 121 cm³/mol. The third-order valence-electron chi connectivity index (χ3n) is 4.63. The zero-order chi connectivity index (χ0) is 21.6. The van der Waals surface area contributed by atoms with E-state index in [1.807, 2.05) is 36.4 Å². The normalized spacial score (nSPS) is 10.9. The molecule has 2 N–H and O–H groups in total. The predicted octanol–water partition coefficient (Wildman–Crippen LogP) is 5.35. The van der Waals surface area contributed by atoms with Crippen LogP contribution >= 0.6 is 0 Å². The lowest BCUT2D eigenvalue weighted by Crippen LogP contribution is -2.16. The lowest BCUT2D eigenvalue weighted by molar-refractivity contribution is -0.111. The molecule has 0 bridgehead atoms. The molecule has 1 aromatic heterocycles. The summed E-state index contributed by atoms with van der Waals surface area (Å²) in [5, 5.41) is 6.20. The number of rotatable bonds is 6. The molecule has 2 amide bonds. The molecule has 1 heterocycles. The van der Waals surface area contributed by atoms with Gasteiger partial charge in [-0.3, -0.25) is 9.59 Å². The molecule has 0 radical (unpaired) electrons. The number of methoxy groups -OCH3 is 1. The third kappa shape index (κ3) is 4.48. The van der Waals surface area contributed by atoms with Gasteiger partial charge in [0.1, 0.15) is 17.0 Å². The van der Waals surface area contributed by atoms with E-state index in [1.54, 1.807) is 48.5 Å². The summed E-state index contributed by atoms with van der Waals surface area (Å²) in [5.74, 6) is -0.346. The number of benzene rings is 3. The quantitative estimate of drug-likeness (QED) is 0.419. The number of carbonyl (C=O) groups is 2. The summed E-state index contributed by atoms with van der Waals surface area (Å²) in [6, 6.07) is 23.7. The second-order valence-electron chi connectivity index (χ2n) is 6.69. The SMILES string of the molecule is COc1ccccc1NC(=O)c1oc2ccccc2c1NC(=O)/C=C/c1ccccc1. The molecule has 3 aromatic carbocycles. The van der Waals surface area contributed by atoms with Crippen LogP contribution in [0.3, 0.4) is 0 Å². The number of nitrogens with one attached hydrogen (secondary N) is 2. The van der Waals surface area contributed by atoms with Gasteiger partial charge in [0.15, 0.2) is 0 Å². The summed E-state index contributed by atoms with van der Waals surface area (Å²) in [6.07, 6.45) is 3.12. The maximum Gasteiger partial charge on any atom is 0.293 e. The molecule has 0 aliphatic rings.